The molecule has 1 N–H and O–H groups in total. The zero-order chi connectivity index (χ0) is 13.2. The molecule has 0 spiro atoms. The Labute approximate surface area is 109 Å². The highest BCUT2D eigenvalue weighted by Gasteiger charge is 2.05. The molecule has 0 saturated heterocycles. The second kappa shape index (κ2) is 8.78. The molecule has 0 heterocycles. The highest BCUT2D eigenvalue weighted by Crippen LogP contribution is 2.28. The fraction of sp³-hybridized carbons (Fsp3) is 0.571. The molecule has 0 unspecified atom stereocenters. The quantitative estimate of drug-likeness (QED) is 0.685. The van der Waals surface area contributed by atoms with E-state index in [-0.39, 0.29) is 0 Å². The maximum atomic E-state index is 5.68. The third-order valence-electron chi connectivity index (χ3n) is 2.50. The minimum absolute atomic E-state index is 0.641. The van der Waals surface area contributed by atoms with Crippen molar-refractivity contribution in [2.75, 3.05) is 34.0 Å². The Morgan fingerprint density at radius 3 is 2.67 bits per heavy atom. The Kier molecular flexibility index (Phi) is 7.22. The van der Waals surface area contributed by atoms with Gasteiger partial charge in [-0.3, -0.25) is 0 Å². The van der Waals surface area contributed by atoms with Crippen molar-refractivity contribution in [1.29, 1.82) is 0 Å². The molecule has 0 aliphatic rings. The molecule has 0 bridgehead atoms. The Morgan fingerprint density at radius 1 is 1.17 bits per heavy atom. The van der Waals surface area contributed by atoms with E-state index in [0.29, 0.717) is 6.61 Å². The summed E-state index contributed by atoms with van der Waals surface area (Å²) in [5.74, 6) is 1.56. The van der Waals surface area contributed by atoms with Crippen LogP contribution in [0.3, 0.4) is 0 Å². The van der Waals surface area contributed by atoms with Crippen LogP contribution in [0, 0.1) is 0 Å². The summed E-state index contributed by atoms with van der Waals surface area (Å²) < 4.78 is 16.3. The SMILES string of the molecule is CCOCCCOc1ccc(CNC)cc1OC. The van der Waals surface area contributed by atoms with Crippen LogP contribution in [-0.2, 0) is 11.3 Å². The van der Waals surface area contributed by atoms with Gasteiger partial charge < -0.3 is 19.5 Å². The van der Waals surface area contributed by atoms with Gasteiger partial charge in [-0.15, -0.1) is 0 Å². The van der Waals surface area contributed by atoms with Gasteiger partial charge in [-0.05, 0) is 31.7 Å². The van der Waals surface area contributed by atoms with Gasteiger partial charge in [0.1, 0.15) is 0 Å². The first-order chi connectivity index (χ1) is 8.81. The van der Waals surface area contributed by atoms with Crippen LogP contribution in [0.15, 0.2) is 18.2 Å². The molecule has 4 nitrogen and oxygen atoms in total. The minimum Gasteiger partial charge on any atom is -0.493 e. The monoisotopic (exact) mass is 253 g/mol. The fourth-order valence-electron chi connectivity index (χ4n) is 1.63. The van der Waals surface area contributed by atoms with Gasteiger partial charge in [0.2, 0.25) is 0 Å². The first-order valence-electron chi connectivity index (χ1n) is 6.33. The first kappa shape index (κ1) is 14.8. The topological polar surface area (TPSA) is 39.7 Å². The summed E-state index contributed by atoms with van der Waals surface area (Å²) in [5.41, 5.74) is 1.18. The molecule has 0 aliphatic carbocycles. The minimum atomic E-state index is 0.641. The van der Waals surface area contributed by atoms with Crippen LogP contribution in [-0.4, -0.2) is 34.0 Å². The summed E-state index contributed by atoms with van der Waals surface area (Å²) in [6, 6.07) is 5.98. The van der Waals surface area contributed by atoms with E-state index in [1.54, 1.807) is 7.11 Å². The highest BCUT2D eigenvalue weighted by atomic mass is 16.5. The lowest BCUT2D eigenvalue weighted by Gasteiger charge is -2.12. The molecule has 1 aromatic rings. The van der Waals surface area contributed by atoms with E-state index in [1.165, 1.54) is 5.56 Å². The Hall–Kier alpha value is -1.26. The summed E-state index contributed by atoms with van der Waals surface area (Å²) in [5, 5.41) is 3.11. The van der Waals surface area contributed by atoms with Gasteiger partial charge in [0.15, 0.2) is 11.5 Å². The Balaban J connectivity index is 2.48. The van der Waals surface area contributed by atoms with Crippen LogP contribution in [0.25, 0.3) is 0 Å². The average Bonchev–Trinajstić information content (AvgIpc) is 2.40. The Bertz CT molecular complexity index is 342. The van der Waals surface area contributed by atoms with E-state index in [1.807, 2.05) is 32.2 Å². The number of hydrogen-bond donors (Lipinski definition) is 1. The predicted octanol–water partition coefficient (Wildman–Crippen LogP) is 2.22. The molecule has 1 rings (SSSR count). The number of ether oxygens (including phenoxy) is 3. The van der Waals surface area contributed by atoms with Crippen LogP contribution in [0.5, 0.6) is 11.5 Å². The number of rotatable bonds is 9. The second-order valence-electron chi connectivity index (χ2n) is 3.91. The van der Waals surface area contributed by atoms with Gasteiger partial charge in [0, 0.05) is 26.2 Å². The smallest absolute Gasteiger partial charge is 0.161 e. The molecule has 1 aromatic carbocycles. The highest BCUT2D eigenvalue weighted by molar-refractivity contribution is 5.42. The average molecular weight is 253 g/mol. The van der Waals surface area contributed by atoms with E-state index < -0.39 is 0 Å². The lowest BCUT2D eigenvalue weighted by atomic mass is 10.2. The zero-order valence-electron chi connectivity index (χ0n) is 11.5. The normalized spacial score (nSPS) is 10.4. The predicted molar refractivity (Wildman–Crippen MR) is 72.4 cm³/mol. The molecule has 0 aromatic heterocycles. The van der Waals surface area contributed by atoms with Crippen molar-refractivity contribution in [3.8, 4) is 11.5 Å². The van der Waals surface area contributed by atoms with Crippen LogP contribution in [0.1, 0.15) is 18.9 Å². The van der Waals surface area contributed by atoms with E-state index in [4.69, 9.17) is 14.2 Å². The van der Waals surface area contributed by atoms with Crippen molar-refractivity contribution in [2.45, 2.75) is 19.9 Å². The lowest BCUT2D eigenvalue weighted by molar-refractivity contribution is 0.130. The van der Waals surface area contributed by atoms with E-state index in [9.17, 15) is 0 Å². The number of benzene rings is 1. The zero-order valence-corrected chi connectivity index (χ0v) is 11.5. The lowest BCUT2D eigenvalue weighted by Crippen LogP contribution is -2.06. The van der Waals surface area contributed by atoms with Crippen molar-refractivity contribution in [3.05, 3.63) is 23.8 Å². The largest absolute Gasteiger partial charge is 0.493 e. The maximum absolute atomic E-state index is 5.68. The van der Waals surface area contributed by atoms with E-state index in [2.05, 4.69) is 5.32 Å². The maximum Gasteiger partial charge on any atom is 0.161 e. The van der Waals surface area contributed by atoms with Gasteiger partial charge in [0.25, 0.3) is 0 Å². The van der Waals surface area contributed by atoms with Crippen molar-refractivity contribution >= 4 is 0 Å². The summed E-state index contributed by atoms with van der Waals surface area (Å²) in [6.45, 7) is 4.94. The van der Waals surface area contributed by atoms with E-state index >= 15 is 0 Å². The molecule has 0 saturated carbocycles. The fourth-order valence-corrected chi connectivity index (χ4v) is 1.63. The number of nitrogens with one attached hydrogen (secondary N) is 1. The molecule has 0 fully saturated rings. The summed E-state index contributed by atoms with van der Waals surface area (Å²) >= 11 is 0. The van der Waals surface area contributed by atoms with Crippen molar-refractivity contribution in [2.24, 2.45) is 0 Å². The van der Waals surface area contributed by atoms with Crippen molar-refractivity contribution in [1.82, 2.24) is 5.32 Å². The van der Waals surface area contributed by atoms with Crippen LogP contribution < -0.4 is 14.8 Å². The molecule has 0 atom stereocenters. The Morgan fingerprint density at radius 2 is 2.00 bits per heavy atom. The van der Waals surface area contributed by atoms with Crippen LogP contribution in [0.2, 0.25) is 0 Å². The molecular formula is C14H23NO3. The summed E-state index contributed by atoms with van der Waals surface area (Å²) in [7, 11) is 3.58. The van der Waals surface area contributed by atoms with Crippen LogP contribution in [0.4, 0.5) is 0 Å². The van der Waals surface area contributed by atoms with Crippen LogP contribution >= 0.6 is 0 Å². The molecule has 102 valence electrons. The molecule has 0 aliphatic heterocycles. The van der Waals surface area contributed by atoms with E-state index in [0.717, 1.165) is 37.7 Å². The molecule has 18 heavy (non-hydrogen) atoms. The van der Waals surface area contributed by atoms with Gasteiger partial charge in [-0.25, -0.2) is 0 Å². The summed E-state index contributed by atoms with van der Waals surface area (Å²) in [4.78, 5) is 0. The third kappa shape index (κ3) is 4.94. The van der Waals surface area contributed by atoms with Crippen molar-refractivity contribution in [3.63, 3.8) is 0 Å². The van der Waals surface area contributed by atoms with Gasteiger partial charge in [-0.1, -0.05) is 6.07 Å². The van der Waals surface area contributed by atoms with Gasteiger partial charge in [0.05, 0.1) is 13.7 Å². The second-order valence-corrected chi connectivity index (χ2v) is 3.91. The van der Waals surface area contributed by atoms with Crippen molar-refractivity contribution < 1.29 is 14.2 Å². The summed E-state index contributed by atoms with van der Waals surface area (Å²) in [6.07, 6.45) is 0.884. The molecule has 4 heteroatoms. The first-order valence-corrected chi connectivity index (χ1v) is 6.33. The number of hydrogen-bond acceptors (Lipinski definition) is 4. The number of methoxy groups -OCH3 is 1. The molecule has 0 amide bonds. The molecule has 0 radical (unpaired) electrons. The van der Waals surface area contributed by atoms with Gasteiger partial charge in [-0.2, -0.15) is 0 Å². The third-order valence-corrected chi connectivity index (χ3v) is 2.50. The standard InChI is InChI=1S/C14H23NO3/c1-4-17-8-5-9-18-13-7-6-12(11-15-2)10-14(13)16-3/h6-7,10,15H,4-5,8-9,11H2,1-3H3. The molecular weight excluding hydrogens is 230 g/mol. The van der Waals surface area contributed by atoms with Gasteiger partial charge >= 0.3 is 0 Å².